The third kappa shape index (κ3) is 5.85. The number of nitrogens with zero attached hydrogens (tertiary/aromatic N) is 2. The molecule has 8 nitrogen and oxygen atoms in total. The number of benzene rings is 2. The Morgan fingerprint density at radius 2 is 2.00 bits per heavy atom. The minimum absolute atomic E-state index is 0.0859. The topological polar surface area (TPSA) is 109 Å². The SMILES string of the molecule is COc1ccc(Cl)cc1-c1nc(SCC(=O)Nc2ccccc2C(=O)NC2CCCC2)n[nH]1. The molecule has 2 amide bonds. The summed E-state index contributed by atoms with van der Waals surface area (Å²) < 4.78 is 5.35. The first-order valence-corrected chi connectivity index (χ1v) is 12.0. The number of nitrogens with one attached hydrogen (secondary N) is 3. The molecule has 1 saturated carbocycles. The number of carbonyl (C=O) groups is 2. The molecule has 1 aliphatic rings. The fourth-order valence-corrected chi connectivity index (χ4v) is 4.51. The van der Waals surface area contributed by atoms with Crippen LogP contribution in [0.2, 0.25) is 5.02 Å². The summed E-state index contributed by atoms with van der Waals surface area (Å²) in [5.41, 5.74) is 1.62. The van der Waals surface area contributed by atoms with Gasteiger partial charge in [-0.2, -0.15) is 0 Å². The predicted molar refractivity (Wildman–Crippen MR) is 129 cm³/mol. The molecule has 1 fully saturated rings. The summed E-state index contributed by atoms with van der Waals surface area (Å²) in [4.78, 5) is 29.7. The molecule has 3 aromatic rings. The van der Waals surface area contributed by atoms with Crippen molar-refractivity contribution in [2.45, 2.75) is 36.9 Å². The summed E-state index contributed by atoms with van der Waals surface area (Å²) in [6, 6.07) is 12.4. The van der Waals surface area contributed by atoms with Crippen LogP contribution in [-0.2, 0) is 4.79 Å². The van der Waals surface area contributed by atoms with Crippen molar-refractivity contribution in [2.75, 3.05) is 18.2 Å². The van der Waals surface area contributed by atoms with Gasteiger partial charge in [-0.05, 0) is 43.2 Å². The smallest absolute Gasteiger partial charge is 0.253 e. The van der Waals surface area contributed by atoms with E-state index in [-0.39, 0.29) is 23.6 Å². The van der Waals surface area contributed by atoms with Gasteiger partial charge in [0.25, 0.3) is 5.91 Å². The summed E-state index contributed by atoms with van der Waals surface area (Å²) in [5.74, 6) is 0.763. The average molecular weight is 486 g/mol. The molecule has 0 radical (unpaired) electrons. The van der Waals surface area contributed by atoms with Gasteiger partial charge in [0.1, 0.15) is 5.75 Å². The van der Waals surface area contributed by atoms with Gasteiger partial charge in [0, 0.05) is 11.1 Å². The summed E-state index contributed by atoms with van der Waals surface area (Å²) in [5, 5.41) is 13.9. The highest BCUT2D eigenvalue weighted by Gasteiger charge is 2.20. The van der Waals surface area contributed by atoms with Crippen molar-refractivity contribution in [3.05, 3.63) is 53.1 Å². The van der Waals surface area contributed by atoms with Crippen LogP contribution in [0.1, 0.15) is 36.0 Å². The van der Waals surface area contributed by atoms with Crippen LogP contribution in [0, 0.1) is 0 Å². The standard InChI is InChI=1S/C23H24ClN5O3S/c1-32-19-11-10-14(24)12-17(19)21-27-23(29-28-21)33-13-20(30)26-18-9-5-4-8-16(18)22(31)25-15-6-2-3-7-15/h4-5,8-12,15H,2-3,6-7,13H2,1H3,(H,25,31)(H,26,30)(H,27,28,29). The van der Waals surface area contributed by atoms with Crippen LogP contribution in [0.5, 0.6) is 5.75 Å². The normalized spacial score (nSPS) is 13.6. The number of para-hydroxylation sites is 1. The number of carbonyl (C=O) groups excluding carboxylic acids is 2. The van der Waals surface area contributed by atoms with E-state index < -0.39 is 0 Å². The molecule has 2 aromatic carbocycles. The van der Waals surface area contributed by atoms with Crippen molar-refractivity contribution < 1.29 is 14.3 Å². The zero-order valence-electron chi connectivity index (χ0n) is 18.1. The second-order valence-electron chi connectivity index (χ2n) is 7.65. The highest BCUT2D eigenvalue weighted by atomic mass is 35.5. The Morgan fingerprint density at radius 3 is 2.79 bits per heavy atom. The van der Waals surface area contributed by atoms with Crippen molar-refractivity contribution in [1.29, 1.82) is 0 Å². The maximum absolute atomic E-state index is 12.7. The van der Waals surface area contributed by atoms with E-state index in [4.69, 9.17) is 16.3 Å². The van der Waals surface area contributed by atoms with Crippen LogP contribution in [-0.4, -0.2) is 45.9 Å². The number of H-pyrrole nitrogens is 1. The van der Waals surface area contributed by atoms with E-state index in [2.05, 4.69) is 25.8 Å². The lowest BCUT2D eigenvalue weighted by Crippen LogP contribution is -2.33. The number of methoxy groups -OCH3 is 1. The lowest BCUT2D eigenvalue weighted by molar-refractivity contribution is -0.113. The number of hydrogen-bond acceptors (Lipinski definition) is 6. The predicted octanol–water partition coefficient (Wildman–Crippen LogP) is 4.54. The molecule has 33 heavy (non-hydrogen) atoms. The Labute approximate surface area is 200 Å². The van der Waals surface area contributed by atoms with Crippen molar-refractivity contribution in [3.8, 4) is 17.1 Å². The number of aromatic nitrogens is 3. The number of amides is 2. The number of aromatic amines is 1. The fraction of sp³-hybridized carbons (Fsp3) is 0.304. The fourth-order valence-electron chi connectivity index (χ4n) is 3.74. The van der Waals surface area contributed by atoms with Gasteiger partial charge in [-0.25, -0.2) is 4.98 Å². The largest absolute Gasteiger partial charge is 0.496 e. The highest BCUT2D eigenvalue weighted by molar-refractivity contribution is 7.99. The zero-order valence-corrected chi connectivity index (χ0v) is 19.6. The molecule has 0 atom stereocenters. The van der Waals surface area contributed by atoms with Crippen molar-refractivity contribution in [1.82, 2.24) is 20.5 Å². The molecule has 0 unspecified atom stereocenters. The average Bonchev–Trinajstić information content (AvgIpc) is 3.50. The van der Waals surface area contributed by atoms with E-state index in [1.807, 2.05) is 0 Å². The van der Waals surface area contributed by atoms with E-state index >= 15 is 0 Å². The van der Waals surface area contributed by atoms with E-state index in [1.54, 1.807) is 49.6 Å². The van der Waals surface area contributed by atoms with Crippen molar-refractivity contribution >= 4 is 40.9 Å². The van der Waals surface area contributed by atoms with Crippen LogP contribution in [0.4, 0.5) is 5.69 Å². The minimum atomic E-state index is -0.257. The molecule has 1 aromatic heterocycles. The number of ether oxygens (including phenoxy) is 1. The molecule has 4 rings (SSSR count). The monoisotopic (exact) mass is 485 g/mol. The van der Waals surface area contributed by atoms with Gasteiger partial charge in [-0.15, -0.1) is 5.10 Å². The molecule has 10 heteroatoms. The van der Waals surface area contributed by atoms with Gasteiger partial charge in [-0.1, -0.05) is 48.3 Å². The Morgan fingerprint density at radius 1 is 1.21 bits per heavy atom. The minimum Gasteiger partial charge on any atom is -0.496 e. The molecule has 0 bridgehead atoms. The lowest BCUT2D eigenvalue weighted by Gasteiger charge is -2.14. The Kier molecular flexibility index (Phi) is 7.51. The van der Waals surface area contributed by atoms with Gasteiger partial charge >= 0.3 is 0 Å². The summed E-state index contributed by atoms with van der Waals surface area (Å²) in [7, 11) is 1.56. The quantitative estimate of drug-likeness (QED) is 0.404. The number of halogens is 1. The van der Waals surface area contributed by atoms with Crippen molar-refractivity contribution in [3.63, 3.8) is 0 Å². The summed E-state index contributed by atoms with van der Waals surface area (Å²) in [6.45, 7) is 0. The number of thioether (sulfide) groups is 1. The Hall–Kier alpha value is -3.04. The second-order valence-corrected chi connectivity index (χ2v) is 9.03. The Balaban J connectivity index is 1.37. The molecule has 0 saturated heterocycles. The molecule has 1 heterocycles. The molecule has 172 valence electrons. The molecule has 1 aliphatic carbocycles. The van der Waals surface area contributed by atoms with Crippen LogP contribution in [0.25, 0.3) is 11.4 Å². The van der Waals surface area contributed by atoms with Crippen LogP contribution in [0.15, 0.2) is 47.6 Å². The van der Waals surface area contributed by atoms with Crippen LogP contribution < -0.4 is 15.4 Å². The third-order valence-corrected chi connectivity index (χ3v) is 6.43. The number of hydrogen-bond donors (Lipinski definition) is 3. The van der Waals surface area contributed by atoms with E-state index in [0.29, 0.717) is 38.6 Å². The van der Waals surface area contributed by atoms with Gasteiger partial charge in [0.15, 0.2) is 5.82 Å². The molecule has 0 aliphatic heterocycles. The van der Waals surface area contributed by atoms with Gasteiger partial charge in [0.2, 0.25) is 11.1 Å². The first-order chi connectivity index (χ1) is 16.0. The molecule has 0 spiro atoms. The summed E-state index contributed by atoms with van der Waals surface area (Å²) >= 11 is 7.27. The number of rotatable bonds is 8. The van der Waals surface area contributed by atoms with E-state index in [1.165, 1.54) is 11.8 Å². The molecular weight excluding hydrogens is 462 g/mol. The van der Waals surface area contributed by atoms with E-state index in [0.717, 1.165) is 25.7 Å². The van der Waals surface area contributed by atoms with Gasteiger partial charge in [-0.3, -0.25) is 14.7 Å². The van der Waals surface area contributed by atoms with E-state index in [9.17, 15) is 9.59 Å². The molecule has 3 N–H and O–H groups in total. The number of anilines is 1. The molecular formula is C23H24ClN5O3S. The maximum Gasteiger partial charge on any atom is 0.253 e. The van der Waals surface area contributed by atoms with Gasteiger partial charge in [0.05, 0.1) is 29.7 Å². The lowest BCUT2D eigenvalue weighted by atomic mass is 10.1. The first kappa shape index (κ1) is 23.1. The highest BCUT2D eigenvalue weighted by Crippen LogP contribution is 2.31. The van der Waals surface area contributed by atoms with Crippen LogP contribution >= 0.6 is 23.4 Å². The second kappa shape index (κ2) is 10.7. The zero-order chi connectivity index (χ0) is 23.2. The Bertz CT molecular complexity index is 1150. The van der Waals surface area contributed by atoms with Gasteiger partial charge < -0.3 is 15.4 Å². The first-order valence-electron chi connectivity index (χ1n) is 10.6. The summed E-state index contributed by atoms with van der Waals surface area (Å²) in [6.07, 6.45) is 4.26. The van der Waals surface area contributed by atoms with Crippen LogP contribution in [0.3, 0.4) is 0 Å². The van der Waals surface area contributed by atoms with Crippen molar-refractivity contribution in [2.24, 2.45) is 0 Å². The maximum atomic E-state index is 12.7. The third-order valence-electron chi connectivity index (χ3n) is 5.35.